The van der Waals surface area contributed by atoms with Crippen LogP contribution in [0.1, 0.15) is 26.7 Å². The Kier molecular flexibility index (Phi) is 8.56. The van der Waals surface area contributed by atoms with E-state index in [2.05, 4.69) is 6.92 Å². The average Bonchev–Trinajstić information content (AvgIpc) is 1.35. The van der Waals surface area contributed by atoms with Gasteiger partial charge in [0.25, 0.3) is 0 Å². The Morgan fingerprint density at radius 2 is 2.00 bits per heavy atom. The van der Waals surface area contributed by atoms with Gasteiger partial charge in [0.15, 0.2) is 0 Å². The fourth-order valence-electron chi connectivity index (χ4n) is 0.418. The molecule has 0 rings (SSSR count). The number of rotatable bonds is 2. The van der Waals surface area contributed by atoms with Crippen molar-refractivity contribution in [2.45, 2.75) is 32.8 Å². The van der Waals surface area contributed by atoms with E-state index in [1.807, 2.05) is 6.92 Å². The Labute approximate surface area is 46.4 Å². The van der Waals surface area contributed by atoms with Crippen LogP contribution in [0.25, 0.3) is 0 Å². The van der Waals surface area contributed by atoms with Crippen molar-refractivity contribution in [1.29, 1.82) is 0 Å². The maximum absolute atomic E-state index is 8.55. The molecule has 0 aliphatic heterocycles. The van der Waals surface area contributed by atoms with Gasteiger partial charge in [-0.15, -0.1) is 0 Å². The highest BCUT2D eigenvalue weighted by atomic mass is 16.3. The summed E-state index contributed by atoms with van der Waals surface area (Å²) in [6.07, 6.45) is 1.91. The monoisotopic (exact) mass is 103 g/mol. The highest BCUT2D eigenvalue weighted by molar-refractivity contribution is 4.40. The Morgan fingerprint density at radius 3 is 2.00 bits per heavy atom. The molecule has 0 saturated heterocycles. The van der Waals surface area contributed by atoms with Crippen molar-refractivity contribution in [3.8, 4) is 0 Å². The van der Waals surface area contributed by atoms with Gasteiger partial charge in [0.2, 0.25) is 0 Å². The van der Waals surface area contributed by atoms with Crippen LogP contribution in [0, 0.1) is 7.43 Å². The molecule has 0 aliphatic carbocycles. The predicted octanol–water partition coefficient (Wildman–Crippen LogP) is 1.62. The van der Waals surface area contributed by atoms with Gasteiger partial charge in [0.1, 0.15) is 0 Å². The van der Waals surface area contributed by atoms with Gasteiger partial charge in [-0.05, 0) is 13.3 Å². The van der Waals surface area contributed by atoms with E-state index >= 15 is 0 Å². The van der Waals surface area contributed by atoms with Crippen molar-refractivity contribution in [1.82, 2.24) is 0 Å². The third kappa shape index (κ3) is 10.7. The zero-order valence-corrected chi connectivity index (χ0v) is 5.44. The first-order valence-corrected chi connectivity index (χ1v) is 2.45. The highest BCUT2D eigenvalue weighted by Crippen LogP contribution is 1.91. The molecule has 0 heterocycles. The number of aliphatic hydroxyl groups is 1. The number of hydrogen-bond acceptors (Lipinski definition) is 1. The molecule has 1 heteroatoms. The zero-order chi connectivity index (χ0) is 4.99. The summed E-state index contributed by atoms with van der Waals surface area (Å²) in [5.41, 5.74) is 0. The summed E-state index contributed by atoms with van der Waals surface area (Å²) in [6, 6.07) is 0. The largest absolute Gasteiger partial charge is 0.393 e. The van der Waals surface area contributed by atoms with Crippen molar-refractivity contribution < 1.29 is 5.11 Å². The molecule has 1 atom stereocenters. The van der Waals surface area contributed by atoms with Crippen LogP contribution in [0.2, 0.25) is 0 Å². The lowest BCUT2D eigenvalue weighted by atomic mass is 10.2. The molecular weight excluding hydrogens is 88.1 g/mol. The second-order valence-corrected chi connectivity index (χ2v) is 1.64. The van der Waals surface area contributed by atoms with E-state index in [1.165, 1.54) is 0 Å². The molecule has 0 bridgehead atoms. The van der Waals surface area contributed by atoms with Crippen LogP contribution in [0.4, 0.5) is 0 Å². The van der Waals surface area contributed by atoms with Crippen LogP contribution in [0.3, 0.4) is 0 Å². The second-order valence-electron chi connectivity index (χ2n) is 1.64. The first-order chi connectivity index (χ1) is 2.77. The van der Waals surface area contributed by atoms with E-state index in [1.54, 1.807) is 0 Å². The summed E-state index contributed by atoms with van der Waals surface area (Å²) < 4.78 is 0. The fourth-order valence-corrected chi connectivity index (χ4v) is 0.418. The minimum absolute atomic E-state index is 0. The van der Waals surface area contributed by atoms with Gasteiger partial charge in [-0.25, -0.2) is 0 Å². The second kappa shape index (κ2) is 5.96. The van der Waals surface area contributed by atoms with Crippen LogP contribution in [0.5, 0.6) is 0 Å². The van der Waals surface area contributed by atoms with E-state index in [9.17, 15) is 0 Å². The molecule has 0 aromatic rings. The van der Waals surface area contributed by atoms with Crippen molar-refractivity contribution in [3.05, 3.63) is 7.43 Å². The first kappa shape index (κ1) is 10.0. The lowest BCUT2D eigenvalue weighted by Gasteiger charge is -1.95. The molecule has 0 aromatic heterocycles. The smallest absolute Gasteiger partial charge is 0.0512 e. The molecule has 0 aliphatic rings. The Hall–Kier alpha value is -0.0400. The van der Waals surface area contributed by atoms with Gasteiger partial charge in [0, 0.05) is 0 Å². The number of hydrogen-bond donors (Lipinski definition) is 1. The average molecular weight is 103 g/mol. The van der Waals surface area contributed by atoms with Gasteiger partial charge >= 0.3 is 0 Å². The number of aliphatic hydroxyl groups excluding tert-OH is 1. The summed E-state index contributed by atoms with van der Waals surface area (Å²) in [5.74, 6) is 0. The van der Waals surface area contributed by atoms with E-state index in [4.69, 9.17) is 5.11 Å². The quantitative estimate of drug-likeness (QED) is 0.563. The van der Waals surface area contributed by atoms with E-state index < -0.39 is 0 Å². The van der Waals surface area contributed by atoms with Crippen LogP contribution in [-0.4, -0.2) is 11.2 Å². The van der Waals surface area contributed by atoms with Crippen LogP contribution >= 0.6 is 0 Å². The molecule has 0 aromatic carbocycles. The minimum atomic E-state index is -0.102. The Morgan fingerprint density at radius 1 is 1.57 bits per heavy atom. The lowest BCUT2D eigenvalue weighted by Crippen LogP contribution is -1.95. The van der Waals surface area contributed by atoms with Gasteiger partial charge in [-0.3, -0.25) is 0 Å². The molecule has 0 saturated carbocycles. The molecule has 1 N–H and O–H groups in total. The van der Waals surface area contributed by atoms with Crippen LogP contribution < -0.4 is 0 Å². The van der Waals surface area contributed by atoms with Crippen molar-refractivity contribution in [3.63, 3.8) is 0 Å². The summed E-state index contributed by atoms with van der Waals surface area (Å²) in [4.78, 5) is 0. The highest BCUT2D eigenvalue weighted by Gasteiger charge is 1.87. The topological polar surface area (TPSA) is 20.2 Å². The summed E-state index contributed by atoms with van der Waals surface area (Å²) in [6.45, 7) is 3.87. The maximum Gasteiger partial charge on any atom is 0.0512 e. The normalized spacial score (nSPS) is 12.4. The Bertz CT molecular complexity index is 25.4. The molecule has 1 nitrogen and oxygen atoms in total. The molecule has 0 amide bonds. The van der Waals surface area contributed by atoms with Gasteiger partial charge in [0.05, 0.1) is 6.10 Å². The fraction of sp³-hybridized carbons (Fsp3) is 0.833. The molecule has 7 heavy (non-hydrogen) atoms. The van der Waals surface area contributed by atoms with Crippen LogP contribution in [0.15, 0.2) is 0 Å². The Balaban J connectivity index is 0. The van der Waals surface area contributed by atoms with Crippen molar-refractivity contribution >= 4 is 0 Å². The maximum atomic E-state index is 8.55. The SMILES string of the molecule is CCCC(C)O.[CH3]. The summed E-state index contributed by atoms with van der Waals surface area (Å²) >= 11 is 0. The summed E-state index contributed by atoms with van der Waals surface area (Å²) in [5, 5.41) is 8.55. The molecule has 0 fully saturated rings. The van der Waals surface area contributed by atoms with Gasteiger partial charge in [-0.2, -0.15) is 0 Å². The standard InChI is InChI=1S/C5H12O.CH3/c1-3-4-5(2)6;/h5-6H,3-4H2,1-2H3;1H3. The van der Waals surface area contributed by atoms with E-state index in [0.29, 0.717) is 0 Å². The third-order valence-electron chi connectivity index (χ3n) is 0.706. The molecule has 45 valence electrons. The third-order valence-corrected chi connectivity index (χ3v) is 0.706. The zero-order valence-electron chi connectivity index (χ0n) is 5.44. The lowest BCUT2D eigenvalue weighted by molar-refractivity contribution is 0.183. The molecule has 0 spiro atoms. The van der Waals surface area contributed by atoms with E-state index in [0.717, 1.165) is 12.8 Å². The predicted molar refractivity (Wildman–Crippen MR) is 33.0 cm³/mol. The minimum Gasteiger partial charge on any atom is -0.393 e. The van der Waals surface area contributed by atoms with E-state index in [-0.39, 0.29) is 13.5 Å². The van der Waals surface area contributed by atoms with Gasteiger partial charge < -0.3 is 5.11 Å². The first-order valence-electron chi connectivity index (χ1n) is 2.45. The molecule has 1 radical (unpaired) electrons. The summed E-state index contributed by atoms with van der Waals surface area (Å²) in [7, 11) is 0. The molecular formula is C6H15O. The van der Waals surface area contributed by atoms with Crippen molar-refractivity contribution in [2.75, 3.05) is 0 Å². The van der Waals surface area contributed by atoms with Crippen LogP contribution in [-0.2, 0) is 0 Å². The van der Waals surface area contributed by atoms with Crippen molar-refractivity contribution in [2.24, 2.45) is 0 Å². The van der Waals surface area contributed by atoms with Gasteiger partial charge in [-0.1, -0.05) is 20.8 Å². The molecule has 1 unspecified atom stereocenters.